The van der Waals surface area contributed by atoms with Crippen LogP contribution in [0, 0.1) is 5.82 Å². The zero-order chi connectivity index (χ0) is 22.2. The number of methoxy groups -OCH3 is 1. The molecule has 3 N–H and O–H groups in total. The summed E-state index contributed by atoms with van der Waals surface area (Å²) in [4.78, 5) is 38.2. The Bertz CT molecular complexity index is 960. The molecule has 3 amide bonds. The second kappa shape index (κ2) is 10.4. The van der Waals surface area contributed by atoms with E-state index in [2.05, 4.69) is 25.6 Å². The topological polar surface area (TPSA) is 99.8 Å². The monoisotopic (exact) mass is 428 g/mol. The van der Waals surface area contributed by atoms with Gasteiger partial charge in [-0.05, 0) is 48.7 Å². The summed E-state index contributed by atoms with van der Waals surface area (Å²) in [6, 6.07) is 10.5. The number of benzene rings is 2. The lowest BCUT2D eigenvalue weighted by atomic mass is 10.1. The fourth-order valence-electron chi connectivity index (χ4n) is 3.33. The summed E-state index contributed by atoms with van der Waals surface area (Å²) >= 11 is 0. The molecule has 0 atom stereocenters. The highest BCUT2D eigenvalue weighted by Crippen LogP contribution is 2.30. The van der Waals surface area contributed by atoms with Crippen LogP contribution in [-0.2, 0) is 16.1 Å². The molecule has 31 heavy (non-hydrogen) atoms. The number of hydrogen-bond donors (Lipinski definition) is 3. The van der Waals surface area contributed by atoms with Crippen LogP contribution < -0.4 is 20.9 Å². The Labute approximate surface area is 179 Å². The number of nitrogens with one attached hydrogen (secondary N) is 3. The van der Waals surface area contributed by atoms with Gasteiger partial charge in [0.2, 0.25) is 0 Å². The van der Waals surface area contributed by atoms with Gasteiger partial charge in [-0.3, -0.25) is 9.59 Å². The molecule has 8 nitrogen and oxygen atoms in total. The maximum absolute atomic E-state index is 13.3. The number of esters is 1. The van der Waals surface area contributed by atoms with Gasteiger partial charge in [-0.25, -0.2) is 9.18 Å². The predicted octanol–water partition coefficient (Wildman–Crippen LogP) is 2.65. The molecule has 2 aromatic carbocycles. The minimum atomic E-state index is -0.580. The summed E-state index contributed by atoms with van der Waals surface area (Å²) < 4.78 is 17.8. The summed E-state index contributed by atoms with van der Waals surface area (Å²) in [5, 5.41) is 7.89. The molecule has 0 aromatic heterocycles. The van der Waals surface area contributed by atoms with Crippen LogP contribution in [0.2, 0.25) is 0 Å². The molecule has 0 aliphatic carbocycles. The van der Waals surface area contributed by atoms with Crippen LogP contribution in [0.5, 0.6) is 0 Å². The number of carbonyl (C=O) groups is 3. The maximum Gasteiger partial charge on any atom is 0.325 e. The van der Waals surface area contributed by atoms with Crippen molar-refractivity contribution in [2.75, 3.05) is 37.0 Å². The number of rotatable bonds is 7. The highest BCUT2D eigenvalue weighted by Gasteiger charge is 2.19. The Kier molecular flexibility index (Phi) is 7.42. The van der Waals surface area contributed by atoms with Gasteiger partial charge < -0.3 is 25.6 Å². The van der Waals surface area contributed by atoms with Crippen molar-refractivity contribution in [3.8, 4) is 0 Å². The van der Waals surface area contributed by atoms with Crippen LogP contribution in [0.4, 0.5) is 20.6 Å². The van der Waals surface area contributed by atoms with E-state index in [0.717, 1.165) is 31.6 Å². The number of amides is 3. The first-order chi connectivity index (χ1) is 15.0. The third-order valence-corrected chi connectivity index (χ3v) is 4.92. The first-order valence-electron chi connectivity index (χ1n) is 9.99. The van der Waals surface area contributed by atoms with Crippen molar-refractivity contribution in [2.24, 2.45) is 0 Å². The Hall–Kier alpha value is -3.62. The number of anilines is 2. The summed E-state index contributed by atoms with van der Waals surface area (Å²) in [6.07, 6.45) is 2.09. The Morgan fingerprint density at radius 3 is 2.55 bits per heavy atom. The van der Waals surface area contributed by atoms with Gasteiger partial charge in [0.1, 0.15) is 12.4 Å². The second-order valence-corrected chi connectivity index (χ2v) is 7.12. The standard InChI is InChI=1S/C22H25FN4O4/c1-31-20(28)14-25-22(30)26-18-12-16(7-8-19(18)27-9-2-3-10-27)21(29)24-13-15-5-4-6-17(23)11-15/h4-8,11-12H,2-3,9-10,13-14H2,1H3,(H,24,29)(H2,25,26,30). The molecule has 1 aliphatic heterocycles. The van der Waals surface area contributed by atoms with E-state index in [1.54, 1.807) is 30.3 Å². The first-order valence-corrected chi connectivity index (χ1v) is 9.99. The lowest BCUT2D eigenvalue weighted by Gasteiger charge is -2.22. The zero-order valence-corrected chi connectivity index (χ0v) is 17.2. The van der Waals surface area contributed by atoms with E-state index in [0.29, 0.717) is 16.8 Å². The average Bonchev–Trinajstić information content (AvgIpc) is 3.30. The summed E-state index contributed by atoms with van der Waals surface area (Å²) in [5.74, 6) is -1.29. The Balaban J connectivity index is 1.73. The van der Waals surface area contributed by atoms with Gasteiger partial charge in [0.15, 0.2) is 0 Å². The van der Waals surface area contributed by atoms with Crippen molar-refractivity contribution in [3.05, 3.63) is 59.4 Å². The normalized spacial score (nSPS) is 12.9. The number of nitrogens with zero attached hydrogens (tertiary/aromatic N) is 1. The molecule has 9 heteroatoms. The first kappa shape index (κ1) is 22.1. The van der Waals surface area contributed by atoms with E-state index in [4.69, 9.17) is 0 Å². The molecule has 0 unspecified atom stereocenters. The molecule has 0 radical (unpaired) electrons. The molecule has 1 aliphatic rings. The maximum atomic E-state index is 13.3. The number of halogens is 1. The fraction of sp³-hybridized carbons (Fsp3) is 0.318. The van der Waals surface area contributed by atoms with E-state index < -0.39 is 12.0 Å². The lowest BCUT2D eigenvalue weighted by Crippen LogP contribution is -2.34. The van der Waals surface area contributed by atoms with Crippen molar-refractivity contribution in [2.45, 2.75) is 19.4 Å². The molecular weight excluding hydrogens is 403 g/mol. The molecule has 0 saturated carbocycles. The Morgan fingerprint density at radius 2 is 1.84 bits per heavy atom. The summed E-state index contributed by atoms with van der Waals surface area (Å²) in [7, 11) is 1.24. The molecule has 0 bridgehead atoms. The van der Waals surface area contributed by atoms with Crippen LogP contribution in [-0.4, -0.2) is 44.7 Å². The van der Waals surface area contributed by atoms with Crippen molar-refractivity contribution >= 4 is 29.3 Å². The van der Waals surface area contributed by atoms with E-state index in [1.807, 2.05) is 0 Å². The van der Waals surface area contributed by atoms with Crippen molar-refractivity contribution < 1.29 is 23.5 Å². The third-order valence-electron chi connectivity index (χ3n) is 4.92. The van der Waals surface area contributed by atoms with Crippen molar-refractivity contribution in [1.29, 1.82) is 0 Å². The highest BCUT2D eigenvalue weighted by atomic mass is 19.1. The van der Waals surface area contributed by atoms with Crippen LogP contribution >= 0.6 is 0 Å². The quantitative estimate of drug-likeness (QED) is 0.589. The molecule has 1 saturated heterocycles. The molecule has 1 fully saturated rings. The molecule has 2 aromatic rings. The minimum absolute atomic E-state index is 0.173. The average molecular weight is 428 g/mol. The summed E-state index contributed by atoms with van der Waals surface area (Å²) in [6.45, 7) is 1.61. The van der Waals surface area contributed by atoms with Gasteiger partial charge in [0, 0.05) is 25.2 Å². The third kappa shape index (κ3) is 6.18. The summed E-state index contributed by atoms with van der Waals surface area (Å²) in [5.41, 5.74) is 2.25. The SMILES string of the molecule is COC(=O)CNC(=O)Nc1cc(C(=O)NCc2cccc(F)c2)ccc1N1CCCC1. The van der Waals surface area contributed by atoms with Gasteiger partial charge in [0.25, 0.3) is 5.91 Å². The van der Waals surface area contributed by atoms with Gasteiger partial charge in [-0.1, -0.05) is 12.1 Å². The second-order valence-electron chi connectivity index (χ2n) is 7.12. The molecule has 1 heterocycles. The van der Waals surface area contributed by atoms with Gasteiger partial charge in [-0.2, -0.15) is 0 Å². The van der Waals surface area contributed by atoms with Gasteiger partial charge in [-0.15, -0.1) is 0 Å². The van der Waals surface area contributed by atoms with Crippen LogP contribution in [0.25, 0.3) is 0 Å². The van der Waals surface area contributed by atoms with E-state index in [1.165, 1.54) is 19.2 Å². The Morgan fingerprint density at radius 1 is 1.06 bits per heavy atom. The smallest absolute Gasteiger partial charge is 0.325 e. The van der Waals surface area contributed by atoms with Gasteiger partial charge in [0.05, 0.1) is 18.5 Å². The number of urea groups is 1. The molecular formula is C22H25FN4O4. The molecule has 0 spiro atoms. The number of carbonyl (C=O) groups excluding carboxylic acids is 3. The van der Waals surface area contributed by atoms with E-state index >= 15 is 0 Å². The number of hydrogen-bond acceptors (Lipinski definition) is 5. The fourth-order valence-corrected chi connectivity index (χ4v) is 3.33. The van der Waals surface area contributed by atoms with Crippen molar-refractivity contribution in [3.63, 3.8) is 0 Å². The molecule has 164 valence electrons. The van der Waals surface area contributed by atoms with Gasteiger partial charge >= 0.3 is 12.0 Å². The zero-order valence-electron chi connectivity index (χ0n) is 17.2. The number of ether oxygens (including phenoxy) is 1. The predicted molar refractivity (Wildman–Crippen MR) is 114 cm³/mol. The van der Waals surface area contributed by atoms with Crippen LogP contribution in [0.1, 0.15) is 28.8 Å². The minimum Gasteiger partial charge on any atom is -0.468 e. The van der Waals surface area contributed by atoms with E-state index in [-0.39, 0.29) is 24.8 Å². The highest BCUT2D eigenvalue weighted by molar-refractivity contribution is 6.00. The largest absolute Gasteiger partial charge is 0.468 e. The van der Waals surface area contributed by atoms with Crippen molar-refractivity contribution in [1.82, 2.24) is 10.6 Å². The van der Waals surface area contributed by atoms with Crippen LogP contribution in [0.15, 0.2) is 42.5 Å². The lowest BCUT2D eigenvalue weighted by molar-refractivity contribution is -0.139. The van der Waals surface area contributed by atoms with Crippen LogP contribution in [0.3, 0.4) is 0 Å². The van der Waals surface area contributed by atoms with E-state index in [9.17, 15) is 18.8 Å². The molecule has 3 rings (SSSR count).